The minimum atomic E-state index is -0.879. The van der Waals surface area contributed by atoms with Gasteiger partial charge >= 0.3 is 0 Å². The van der Waals surface area contributed by atoms with Crippen LogP contribution >= 0.6 is 0 Å². The molecule has 0 saturated carbocycles. The molecule has 2 heterocycles. The molecule has 2 aromatic heterocycles. The lowest BCUT2D eigenvalue weighted by Gasteiger charge is -2.18. The molecular formula is C17H13F2N3O2. The summed E-state index contributed by atoms with van der Waals surface area (Å²) in [5.41, 5.74) is 1.21. The number of nitrogens with zero attached hydrogens (tertiary/aromatic N) is 2. The van der Waals surface area contributed by atoms with Crippen molar-refractivity contribution in [1.29, 1.82) is 0 Å². The van der Waals surface area contributed by atoms with Crippen LogP contribution < -0.4 is 0 Å². The quantitative estimate of drug-likeness (QED) is 0.706. The van der Waals surface area contributed by atoms with Gasteiger partial charge in [-0.2, -0.15) is 0 Å². The molecule has 24 heavy (non-hydrogen) atoms. The number of imidazole rings is 1. The first-order valence-corrected chi connectivity index (χ1v) is 7.16. The van der Waals surface area contributed by atoms with Gasteiger partial charge in [-0.1, -0.05) is 12.1 Å². The standard InChI is InChI=1S/C17H13F2N3O2/c18-12-4-3-5-13(19)15(12)11(8-24-10-23)16-17(22-9-21-16)14-6-1-2-7-20-14/h1-7,9-11H,8H2,(H,21,22). The molecule has 3 rings (SSSR count). The van der Waals surface area contributed by atoms with Crippen LogP contribution in [0.5, 0.6) is 0 Å². The van der Waals surface area contributed by atoms with E-state index in [4.69, 9.17) is 4.74 Å². The van der Waals surface area contributed by atoms with Gasteiger partial charge in [0.25, 0.3) is 6.47 Å². The Morgan fingerprint density at radius 1 is 1.12 bits per heavy atom. The Bertz CT molecular complexity index is 817. The van der Waals surface area contributed by atoms with E-state index >= 15 is 0 Å². The van der Waals surface area contributed by atoms with Crippen molar-refractivity contribution < 1.29 is 18.3 Å². The molecule has 1 N–H and O–H groups in total. The van der Waals surface area contributed by atoms with Gasteiger partial charge in [0.2, 0.25) is 0 Å². The molecule has 1 aromatic carbocycles. The normalized spacial score (nSPS) is 11.9. The molecule has 0 amide bonds. The van der Waals surface area contributed by atoms with Crippen molar-refractivity contribution in [2.75, 3.05) is 6.61 Å². The van der Waals surface area contributed by atoms with Gasteiger partial charge in [0.15, 0.2) is 0 Å². The van der Waals surface area contributed by atoms with E-state index in [0.29, 0.717) is 17.1 Å². The van der Waals surface area contributed by atoms with E-state index < -0.39 is 17.6 Å². The van der Waals surface area contributed by atoms with Crippen molar-refractivity contribution in [1.82, 2.24) is 15.0 Å². The summed E-state index contributed by atoms with van der Waals surface area (Å²) in [6.07, 6.45) is 3.00. The highest BCUT2D eigenvalue weighted by molar-refractivity contribution is 5.59. The topological polar surface area (TPSA) is 67.9 Å². The number of rotatable bonds is 6. The average molecular weight is 329 g/mol. The summed E-state index contributed by atoms with van der Waals surface area (Å²) < 4.78 is 33.2. The van der Waals surface area contributed by atoms with Gasteiger partial charge in [-0.15, -0.1) is 0 Å². The van der Waals surface area contributed by atoms with Crippen molar-refractivity contribution >= 4 is 6.47 Å². The summed E-state index contributed by atoms with van der Waals surface area (Å²) in [6, 6.07) is 8.85. The van der Waals surface area contributed by atoms with E-state index in [1.54, 1.807) is 24.4 Å². The van der Waals surface area contributed by atoms with Crippen molar-refractivity contribution in [2.24, 2.45) is 0 Å². The van der Waals surface area contributed by atoms with Crippen LogP contribution in [0.3, 0.4) is 0 Å². The van der Waals surface area contributed by atoms with Crippen LogP contribution in [-0.2, 0) is 9.53 Å². The highest BCUT2D eigenvalue weighted by Crippen LogP contribution is 2.33. The molecule has 0 radical (unpaired) electrons. The fourth-order valence-corrected chi connectivity index (χ4v) is 2.57. The third kappa shape index (κ3) is 3.01. The average Bonchev–Trinajstić information content (AvgIpc) is 3.07. The number of aromatic amines is 1. The number of halogens is 2. The van der Waals surface area contributed by atoms with E-state index in [0.717, 1.165) is 12.1 Å². The molecule has 1 unspecified atom stereocenters. The lowest BCUT2D eigenvalue weighted by molar-refractivity contribution is -0.129. The Kier molecular flexibility index (Phi) is 4.60. The van der Waals surface area contributed by atoms with Crippen molar-refractivity contribution in [3.8, 4) is 11.4 Å². The SMILES string of the molecule is O=COCC(c1[nH]cnc1-c1ccccn1)c1c(F)cccc1F. The van der Waals surface area contributed by atoms with E-state index in [9.17, 15) is 13.6 Å². The summed E-state index contributed by atoms with van der Waals surface area (Å²) in [5.74, 6) is -2.33. The highest BCUT2D eigenvalue weighted by atomic mass is 19.1. The Morgan fingerprint density at radius 2 is 1.92 bits per heavy atom. The van der Waals surface area contributed by atoms with Crippen LogP contribution in [0.1, 0.15) is 17.2 Å². The van der Waals surface area contributed by atoms with Gasteiger partial charge in [0.1, 0.15) is 23.9 Å². The number of ether oxygens (including phenoxy) is 1. The summed E-state index contributed by atoms with van der Waals surface area (Å²) >= 11 is 0. The number of hydrogen-bond donors (Lipinski definition) is 1. The van der Waals surface area contributed by atoms with Gasteiger partial charge < -0.3 is 9.72 Å². The van der Waals surface area contributed by atoms with Crippen LogP contribution in [-0.4, -0.2) is 28.0 Å². The molecule has 1 atom stereocenters. The van der Waals surface area contributed by atoms with Crippen LogP contribution in [0, 0.1) is 11.6 Å². The molecule has 0 aliphatic carbocycles. The molecular weight excluding hydrogens is 316 g/mol. The van der Waals surface area contributed by atoms with Crippen LogP contribution in [0.2, 0.25) is 0 Å². The minimum absolute atomic E-state index is 0.194. The Labute approximate surface area is 136 Å². The Balaban J connectivity index is 2.12. The molecule has 0 aliphatic rings. The second kappa shape index (κ2) is 6.99. The van der Waals surface area contributed by atoms with E-state index in [1.807, 2.05) is 0 Å². The third-order valence-electron chi connectivity index (χ3n) is 3.60. The maximum atomic E-state index is 14.2. The zero-order valence-electron chi connectivity index (χ0n) is 12.4. The smallest absolute Gasteiger partial charge is 0.293 e. The van der Waals surface area contributed by atoms with E-state index in [1.165, 1.54) is 12.4 Å². The molecule has 0 fully saturated rings. The fourth-order valence-electron chi connectivity index (χ4n) is 2.57. The van der Waals surface area contributed by atoms with Gasteiger partial charge in [-0.25, -0.2) is 13.8 Å². The molecule has 0 bridgehead atoms. The number of H-pyrrole nitrogens is 1. The molecule has 0 saturated heterocycles. The zero-order valence-corrected chi connectivity index (χ0v) is 12.4. The number of benzene rings is 1. The number of pyridine rings is 1. The zero-order chi connectivity index (χ0) is 16.9. The maximum Gasteiger partial charge on any atom is 0.293 e. The molecule has 0 spiro atoms. The third-order valence-corrected chi connectivity index (χ3v) is 3.60. The van der Waals surface area contributed by atoms with Crippen molar-refractivity contribution in [3.63, 3.8) is 0 Å². The predicted octanol–water partition coefficient (Wildman–Crippen LogP) is 3.05. The lowest BCUT2D eigenvalue weighted by atomic mass is 9.93. The number of aromatic nitrogens is 3. The van der Waals surface area contributed by atoms with Crippen LogP contribution in [0.25, 0.3) is 11.4 Å². The van der Waals surface area contributed by atoms with Crippen molar-refractivity contribution in [3.05, 3.63) is 71.8 Å². The highest BCUT2D eigenvalue weighted by Gasteiger charge is 2.27. The first-order chi connectivity index (χ1) is 11.7. The Morgan fingerprint density at radius 3 is 2.58 bits per heavy atom. The van der Waals surface area contributed by atoms with Gasteiger partial charge in [-0.3, -0.25) is 9.78 Å². The molecule has 0 aliphatic heterocycles. The number of nitrogens with one attached hydrogen (secondary N) is 1. The summed E-state index contributed by atoms with van der Waals surface area (Å²) in [4.78, 5) is 21.9. The predicted molar refractivity (Wildman–Crippen MR) is 82.0 cm³/mol. The van der Waals surface area contributed by atoms with E-state index in [-0.39, 0.29) is 18.6 Å². The van der Waals surface area contributed by atoms with Crippen LogP contribution in [0.4, 0.5) is 8.78 Å². The molecule has 5 nitrogen and oxygen atoms in total. The van der Waals surface area contributed by atoms with Crippen molar-refractivity contribution in [2.45, 2.75) is 5.92 Å². The van der Waals surface area contributed by atoms with Crippen LogP contribution in [0.15, 0.2) is 48.9 Å². The van der Waals surface area contributed by atoms with E-state index in [2.05, 4.69) is 15.0 Å². The van der Waals surface area contributed by atoms with Gasteiger partial charge in [0, 0.05) is 11.8 Å². The molecule has 7 heteroatoms. The largest absolute Gasteiger partial charge is 0.467 e. The maximum absolute atomic E-state index is 14.2. The first-order valence-electron chi connectivity index (χ1n) is 7.16. The number of hydrogen-bond acceptors (Lipinski definition) is 4. The minimum Gasteiger partial charge on any atom is -0.467 e. The number of carbonyl (C=O) groups is 1. The second-order valence-electron chi connectivity index (χ2n) is 5.00. The molecule has 3 aromatic rings. The first kappa shape index (κ1) is 15.8. The summed E-state index contributed by atoms with van der Waals surface area (Å²) in [7, 11) is 0. The van der Waals surface area contributed by atoms with Gasteiger partial charge in [-0.05, 0) is 24.3 Å². The monoisotopic (exact) mass is 329 g/mol. The summed E-state index contributed by atoms with van der Waals surface area (Å²) in [5, 5.41) is 0. The van der Waals surface area contributed by atoms with Gasteiger partial charge in [0.05, 0.1) is 23.6 Å². The summed E-state index contributed by atoms with van der Waals surface area (Å²) in [6.45, 7) is 0.00589. The molecule has 122 valence electrons. The fraction of sp³-hybridized carbons (Fsp3) is 0.118. The lowest BCUT2D eigenvalue weighted by Crippen LogP contribution is -2.14. The second-order valence-corrected chi connectivity index (χ2v) is 5.00. The number of carbonyl (C=O) groups excluding carboxylic acids is 1. The Hall–Kier alpha value is -3.09.